The van der Waals surface area contributed by atoms with Gasteiger partial charge in [0.1, 0.15) is 0 Å². The maximum absolute atomic E-state index is 9.36. The summed E-state index contributed by atoms with van der Waals surface area (Å²) in [5.74, 6) is 0. The molecule has 0 unspecified atom stereocenters. The molecule has 0 saturated heterocycles. The van der Waals surface area contributed by atoms with Gasteiger partial charge in [-0.05, 0) is 0 Å². The van der Waals surface area contributed by atoms with Gasteiger partial charge >= 0.3 is 31.2 Å². The van der Waals surface area contributed by atoms with E-state index in [0.717, 1.165) is 0 Å². The second kappa shape index (κ2) is 6.22. The average Bonchev–Trinajstić information content (AvgIpc) is 1.63. The van der Waals surface area contributed by atoms with Crippen molar-refractivity contribution in [2.24, 2.45) is 0 Å². The Hall–Kier alpha value is -0.903. The van der Waals surface area contributed by atoms with Gasteiger partial charge in [0.25, 0.3) is 0 Å². The van der Waals surface area contributed by atoms with E-state index in [0.29, 0.717) is 0 Å². The molecule has 0 aromatic carbocycles. The molecule has 7 nitrogen and oxygen atoms in total. The average molecular weight is 146 g/mol. The topological polar surface area (TPSA) is 102 Å². The van der Waals surface area contributed by atoms with E-state index in [9.17, 15) is 9.59 Å². The third kappa shape index (κ3) is 10.2. The van der Waals surface area contributed by atoms with Crippen LogP contribution in [-0.4, -0.2) is 41.4 Å². The van der Waals surface area contributed by atoms with Crippen LogP contribution in [0, 0.1) is 0 Å². The molecule has 0 bridgehead atoms. The summed E-state index contributed by atoms with van der Waals surface area (Å²) in [5, 5.41) is 18.4. The zero-order valence-corrected chi connectivity index (χ0v) is 3.94. The number of hydrogen-bond acceptors (Lipinski definition) is 5. The van der Waals surface area contributed by atoms with Crippen molar-refractivity contribution in [3.63, 3.8) is 0 Å². The van der Waals surface area contributed by atoms with E-state index < -0.39 is 12.3 Å². The first-order valence-electron chi connectivity index (χ1n) is 1.60. The Balaban J connectivity index is 0. The van der Waals surface area contributed by atoms with E-state index in [4.69, 9.17) is 10.2 Å². The zero-order chi connectivity index (χ0) is 7.28. The summed E-state index contributed by atoms with van der Waals surface area (Å²) >= 11 is 0. The van der Waals surface area contributed by atoms with Crippen molar-refractivity contribution in [2.75, 3.05) is 0 Å². The van der Waals surface area contributed by atoms with Crippen LogP contribution in [0.2, 0.25) is 0 Å². The molecule has 0 spiro atoms. The Bertz CT molecular complexity index is 107. The maximum atomic E-state index is 9.36. The minimum absolute atomic E-state index is 0. The fraction of sp³-hybridized carbons (Fsp3) is 0. The Labute approximate surface area is 66.5 Å². The molecule has 0 atom stereocenters. The van der Waals surface area contributed by atoms with Crippen molar-refractivity contribution in [2.45, 2.75) is 0 Å². The Morgan fingerprint density at radius 3 is 1.50 bits per heavy atom. The van der Waals surface area contributed by atoms with Gasteiger partial charge in [-0.1, -0.05) is 0 Å². The van der Waals surface area contributed by atoms with Crippen molar-refractivity contribution in [1.29, 1.82) is 0 Å². The number of carboxylic acid groups (broad SMARTS) is 2. The molecule has 0 aliphatic heterocycles. The third-order valence-corrected chi connectivity index (χ3v) is 0.211. The van der Waals surface area contributed by atoms with E-state index in [2.05, 4.69) is 14.8 Å². The summed E-state index contributed by atoms with van der Waals surface area (Å²) in [6.45, 7) is 0. The Morgan fingerprint density at radius 1 is 1.00 bits per heavy atom. The molecule has 54 valence electrons. The zero-order valence-electron chi connectivity index (χ0n) is 3.94. The van der Waals surface area contributed by atoms with Crippen molar-refractivity contribution in [3.05, 3.63) is 0 Å². The number of carbonyl (C=O) groups is 2. The summed E-state index contributed by atoms with van der Waals surface area (Å²) in [6, 6.07) is 0. The van der Waals surface area contributed by atoms with Crippen LogP contribution in [0.3, 0.4) is 0 Å². The number of rotatable bonds is 2. The van der Waals surface area contributed by atoms with Crippen LogP contribution in [0.25, 0.3) is 0 Å². The summed E-state index contributed by atoms with van der Waals surface area (Å²) in [4.78, 5) is 25.1. The van der Waals surface area contributed by atoms with E-state index in [1.807, 2.05) is 0 Å². The molecule has 0 aromatic rings. The summed E-state index contributed by atoms with van der Waals surface area (Å²) in [7, 11) is 0. The molecule has 10 heavy (non-hydrogen) atoms. The van der Waals surface area contributed by atoms with E-state index >= 15 is 0 Å². The first-order chi connectivity index (χ1) is 4.13. The molecule has 0 heterocycles. The molecule has 0 aromatic heterocycles. The van der Waals surface area contributed by atoms with Gasteiger partial charge in [0.05, 0.1) is 5.04 Å². The van der Waals surface area contributed by atoms with Crippen LogP contribution in [0.1, 0.15) is 0 Å². The van der Waals surface area contributed by atoms with E-state index in [-0.39, 0.29) is 18.9 Å². The molecule has 0 aliphatic rings. The Kier molecular flexibility index (Phi) is 7.37. The van der Waals surface area contributed by atoms with Crippen LogP contribution in [-0.2, 0) is 14.8 Å². The van der Waals surface area contributed by atoms with Gasteiger partial charge < -0.3 is 10.2 Å². The van der Waals surface area contributed by atoms with Gasteiger partial charge in [0, 0.05) is 0 Å². The monoisotopic (exact) mass is 146 g/mol. The minimum atomic E-state index is -1.80. The fourth-order valence-electron chi connectivity index (χ4n) is 0.0752. The van der Waals surface area contributed by atoms with Gasteiger partial charge in [0.15, 0.2) is 0 Å². The molecule has 0 fully saturated rings. The normalized spacial score (nSPS) is 7.20. The van der Waals surface area contributed by atoms with Crippen LogP contribution in [0.15, 0.2) is 0 Å². The third-order valence-electron chi connectivity index (χ3n) is 0.211. The molecule has 8 heteroatoms. The second-order valence-corrected chi connectivity index (χ2v) is 0.767. The standard InChI is InChI=1S/C2H2O7.Li.H/c3-1(4)7-9-8-2(5)6;;/h(H,3,4)(H,5,6);;. The van der Waals surface area contributed by atoms with Gasteiger partial charge in [0.2, 0.25) is 0 Å². The van der Waals surface area contributed by atoms with Crippen LogP contribution in [0.4, 0.5) is 9.59 Å². The van der Waals surface area contributed by atoms with Crippen molar-refractivity contribution < 1.29 is 34.6 Å². The van der Waals surface area contributed by atoms with Gasteiger partial charge in [-0.25, -0.2) is 19.4 Å². The van der Waals surface area contributed by atoms with Crippen molar-refractivity contribution in [1.82, 2.24) is 0 Å². The molecule has 0 amide bonds. The predicted octanol–water partition coefficient (Wildman–Crippen LogP) is -0.426. The molecule has 0 radical (unpaired) electrons. The van der Waals surface area contributed by atoms with Gasteiger partial charge in [-0.2, -0.15) is 0 Å². The first-order valence-corrected chi connectivity index (χ1v) is 1.60. The second-order valence-electron chi connectivity index (χ2n) is 0.767. The summed E-state index contributed by atoms with van der Waals surface area (Å²) in [5.41, 5.74) is 0. The molecule has 2 N–H and O–H groups in total. The number of hydrogen-bond donors (Lipinski definition) is 2. The molecule has 0 aliphatic carbocycles. The van der Waals surface area contributed by atoms with Gasteiger partial charge in [-0.3, -0.25) is 0 Å². The summed E-state index contributed by atoms with van der Waals surface area (Å²) < 4.78 is 0. The summed E-state index contributed by atoms with van der Waals surface area (Å²) in [6.07, 6.45) is -3.59. The van der Waals surface area contributed by atoms with Crippen LogP contribution < -0.4 is 0 Å². The SMILES string of the molecule is O=C(O)OOOC(=O)O.[LiH]. The van der Waals surface area contributed by atoms with Crippen LogP contribution in [0.5, 0.6) is 0 Å². The molecular weight excluding hydrogens is 143 g/mol. The molecule has 0 saturated carbocycles. The molecule has 0 rings (SSSR count). The van der Waals surface area contributed by atoms with Crippen molar-refractivity contribution >= 4 is 31.2 Å². The fourth-order valence-corrected chi connectivity index (χ4v) is 0.0752. The van der Waals surface area contributed by atoms with Crippen LogP contribution >= 0.6 is 0 Å². The molecular formula is C2H3LiO7. The van der Waals surface area contributed by atoms with Gasteiger partial charge in [-0.15, -0.1) is 0 Å². The van der Waals surface area contributed by atoms with E-state index in [1.165, 1.54) is 0 Å². The Morgan fingerprint density at radius 2 is 1.30 bits per heavy atom. The quantitative estimate of drug-likeness (QED) is 0.309. The first kappa shape index (κ1) is 11.8. The van der Waals surface area contributed by atoms with Crippen molar-refractivity contribution in [3.8, 4) is 0 Å². The van der Waals surface area contributed by atoms with E-state index in [1.54, 1.807) is 0 Å². The predicted molar refractivity (Wildman–Crippen MR) is 26.5 cm³/mol.